The molecule has 0 aromatic carbocycles. The van der Waals surface area contributed by atoms with Crippen LogP contribution in [0.4, 0.5) is 0 Å². The first-order chi connectivity index (χ1) is 6.74. The van der Waals surface area contributed by atoms with Gasteiger partial charge in [-0.3, -0.25) is 4.98 Å². The Morgan fingerprint density at radius 3 is 2.79 bits per heavy atom. The molecule has 0 saturated carbocycles. The number of rotatable bonds is 2. The zero-order chi connectivity index (χ0) is 10.0. The van der Waals surface area contributed by atoms with Crippen LogP contribution in [0.3, 0.4) is 0 Å². The van der Waals surface area contributed by atoms with Gasteiger partial charge >= 0.3 is 0 Å². The minimum absolute atomic E-state index is 0.634. The molecule has 0 radical (unpaired) electrons. The summed E-state index contributed by atoms with van der Waals surface area (Å²) >= 11 is 0. The van der Waals surface area contributed by atoms with Gasteiger partial charge in [-0.05, 0) is 31.0 Å². The van der Waals surface area contributed by atoms with E-state index in [0.717, 1.165) is 12.1 Å². The number of hydrogen-bond donors (Lipinski definition) is 0. The first-order valence-corrected chi connectivity index (χ1v) is 4.98. The van der Waals surface area contributed by atoms with Gasteiger partial charge in [0.2, 0.25) is 5.79 Å². The molecule has 1 aromatic rings. The van der Waals surface area contributed by atoms with E-state index in [9.17, 15) is 0 Å². The molecule has 1 aliphatic rings. The van der Waals surface area contributed by atoms with E-state index in [1.54, 1.807) is 0 Å². The number of aryl methyl sites for hydroxylation is 1. The average molecular weight is 193 g/mol. The smallest absolute Gasteiger partial charge is 0.209 e. The Kier molecular flexibility index (Phi) is 2.52. The Morgan fingerprint density at radius 2 is 2.14 bits per heavy atom. The van der Waals surface area contributed by atoms with Crippen molar-refractivity contribution in [3.8, 4) is 0 Å². The van der Waals surface area contributed by atoms with E-state index in [-0.39, 0.29) is 0 Å². The summed E-state index contributed by atoms with van der Waals surface area (Å²) in [6, 6.07) is 4.06. The zero-order valence-electron chi connectivity index (χ0n) is 8.62. The molecule has 0 N–H and O–H groups in total. The summed E-state index contributed by atoms with van der Waals surface area (Å²) in [4.78, 5) is 4.29. The highest BCUT2D eigenvalue weighted by Crippen LogP contribution is 2.29. The highest BCUT2D eigenvalue weighted by Gasteiger charge is 2.34. The van der Waals surface area contributed by atoms with E-state index < -0.39 is 5.79 Å². The molecule has 0 bridgehead atoms. The fraction of sp³-hybridized carbons (Fsp3) is 0.545. The predicted octanol–water partition coefficient (Wildman–Crippen LogP) is 1.86. The van der Waals surface area contributed by atoms with Crippen LogP contribution in [0.25, 0.3) is 0 Å². The summed E-state index contributed by atoms with van der Waals surface area (Å²) < 4.78 is 11.1. The Hall–Kier alpha value is -0.930. The topological polar surface area (TPSA) is 31.4 Å². The molecular formula is C11H15NO2. The predicted molar refractivity (Wildman–Crippen MR) is 52.9 cm³/mol. The molecule has 3 heteroatoms. The zero-order valence-corrected chi connectivity index (χ0v) is 8.62. The molecule has 1 saturated heterocycles. The van der Waals surface area contributed by atoms with Crippen molar-refractivity contribution in [1.29, 1.82) is 0 Å². The van der Waals surface area contributed by atoms with Crippen molar-refractivity contribution >= 4 is 0 Å². The Labute approximate surface area is 84.1 Å². The Bertz CT molecular complexity index is 319. The van der Waals surface area contributed by atoms with Gasteiger partial charge in [-0.1, -0.05) is 6.92 Å². The standard InChI is InChI=1S/C11H15NO2/c1-3-9-4-5-12-10(8-9)11(2)13-6-7-14-11/h4-5,8H,3,6-7H2,1-2H3. The van der Waals surface area contributed by atoms with E-state index in [1.807, 2.05) is 25.3 Å². The second kappa shape index (κ2) is 3.67. The molecule has 0 atom stereocenters. The molecule has 76 valence electrons. The summed E-state index contributed by atoms with van der Waals surface area (Å²) in [5, 5.41) is 0. The maximum absolute atomic E-state index is 5.54. The molecule has 1 aliphatic heterocycles. The molecule has 14 heavy (non-hydrogen) atoms. The van der Waals surface area contributed by atoms with E-state index in [4.69, 9.17) is 9.47 Å². The highest BCUT2D eigenvalue weighted by molar-refractivity contribution is 5.19. The van der Waals surface area contributed by atoms with Crippen molar-refractivity contribution in [3.05, 3.63) is 29.6 Å². The monoisotopic (exact) mass is 193 g/mol. The SMILES string of the molecule is CCc1ccnc(C2(C)OCCO2)c1. The van der Waals surface area contributed by atoms with Gasteiger partial charge < -0.3 is 9.47 Å². The molecule has 2 heterocycles. The Balaban J connectivity index is 2.30. The van der Waals surface area contributed by atoms with Gasteiger partial charge in [0.15, 0.2) is 0 Å². The molecular weight excluding hydrogens is 178 g/mol. The summed E-state index contributed by atoms with van der Waals surface area (Å²) in [6.07, 6.45) is 2.82. The molecule has 0 aliphatic carbocycles. The number of pyridine rings is 1. The van der Waals surface area contributed by atoms with Crippen LogP contribution in [0.1, 0.15) is 25.1 Å². The normalized spacial score (nSPS) is 19.9. The molecule has 1 aromatic heterocycles. The number of nitrogens with zero attached hydrogens (tertiary/aromatic N) is 1. The third kappa shape index (κ3) is 1.65. The lowest BCUT2D eigenvalue weighted by Gasteiger charge is -2.21. The van der Waals surface area contributed by atoms with Crippen molar-refractivity contribution in [1.82, 2.24) is 4.98 Å². The van der Waals surface area contributed by atoms with E-state index in [2.05, 4.69) is 11.9 Å². The van der Waals surface area contributed by atoms with Crippen LogP contribution in [0.2, 0.25) is 0 Å². The lowest BCUT2D eigenvalue weighted by atomic mass is 10.1. The first-order valence-electron chi connectivity index (χ1n) is 4.98. The molecule has 3 nitrogen and oxygen atoms in total. The first kappa shape index (κ1) is 9.62. The minimum atomic E-state index is -0.634. The molecule has 0 amide bonds. The molecule has 0 unspecified atom stereocenters. The van der Waals surface area contributed by atoms with E-state index in [1.165, 1.54) is 5.56 Å². The van der Waals surface area contributed by atoms with Crippen molar-refractivity contribution < 1.29 is 9.47 Å². The largest absolute Gasteiger partial charge is 0.342 e. The van der Waals surface area contributed by atoms with Crippen LogP contribution in [-0.4, -0.2) is 18.2 Å². The maximum atomic E-state index is 5.54. The summed E-state index contributed by atoms with van der Waals surface area (Å²) in [5.74, 6) is -0.634. The number of hydrogen-bond acceptors (Lipinski definition) is 3. The van der Waals surface area contributed by atoms with Crippen molar-refractivity contribution in [2.45, 2.75) is 26.1 Å². The van der Waals surface area contributed by atoms with Crippen LogP contribution >= 0.6 is 0 Å². The van der Waals surface area contributed by atoms with Gasteiger partial charge in [-0.25, -0.2) is 0 Å². The summed E-state index contributed by atoms with van der Waals surface area (Å²) in [6.45, 7) is 5.34. The summed E-state index contributed by atoms with van der Waals surface area (Å²) in [7, 11) is 0. The lowest BCUT2D eigenvalue weighted by Crippen LogP contribution is -2.23. The van der Waals surface area contributed by atoms with Crippen LogP contribution in [0.5, 0.6) is 0 Å². The quantitative estimate of drug-likeness (QED) is 0.718. The van der Waals surface area contributed by atoms with E-state index in [0.29, 0.717) is 13.2 Å². The second-order valence-corrected chi connectivity index (χ2v) is 3.55. The van der Waals surface area contributed by atoms with Crippen LogP contribution in [0, 0.1) is 0 Å². The fourth-order valence-corrected chi connectivity index (χ4v) is 1.60. The van der Waals surface area contributed by atoms with Crippen LogP contribution in [0.15, 0.2) is 18.3 Å². The van der Waals surface area contributed by atoms with Crippen LogP contribution in [-0.2, 0) is 21.7 Å². The highest BCUT2D eigenvalue weighted by atomic mass is 16.7. The fourth-order valence-electron chi connectivity index (χ4n) is 1.60. The molecule has 2 rings (SSSR count). The third-order valence-corrected chi connectivity index (χ3v) is 2.54. The van der Waals surface area contributed by atoms with Crippen molar-refractivity contribution in [2.75, 3.05) is 13.2 Å². The summed E-state index contributed by atoms with van der Waals surface area (Å²) in [5.41, 5.74) is 2.13. The van der Waals surface area contributed by atoms with Gasteiger partial charge in [0.25, 0.3) is 0 Å². The third-order valence-electron chi connectivity index (χ3n) is 2.54. The van der Waals surface area contributed by atoms with Crippen molar-refractivity contribution in [3.63, 3.8) is 0 Å². The van der Waals surface area contributed by atoms with Gasteiger partial charge in [-0.2, -0.15) is 0 Å². The van der Waals surface area contributed by atoms with Gasteiger partial charge in [0, 0.05) is 6.20 Å². The van der Waals surface area contributed by atoms with Crippen LogP contribution < -0.4 is 0 Å². The second-order valence-electron chi connectivity index (χ2n) is 3.55. The van der Waals surface area contributed by atoms with E-state index >= 15 is 0 Å². The van der Waals surface area contributed by atoms with Gasteiger partial charge in [0.05, 0.1) is 18.9 Å². The maximum Gasteiger partial charge on any atom is 0.209 e. The number of aromatic nitrogens is 1. The lowest BCUT2D eigenvalue weighted by molar-refractivity contribution is -0.152. The molecule has 0 spiro atoms. The van der Waals surface area contributed by atoms with Gasteiger partial charge in [-0.15, -0.1) is 0 Å². The average Bonchev–Trinajstić information content (AvgIpc) is 2.67. The Morgan fingerprint density at radius 1 is 1.43 bits per heavy atom. The van der Waals surface area contributed by atoms with Crippen molar-refractivity contribution in [2.24, 2.45) is 0 Å². The minimum Gasteiger partial charge on any atom is -0.342 e. The van der Waals surface area contributed by atoms with Gasteiger partial charge in [0.1, 0.15) is 0 Å². The number of ether oxygens (including phenoxy) is 2. The molecule has 1 fully saturated rings.